The lowest BCUT2D eigenvalue weighted by atomic mass is 10.1. The van der Waals surface area contributed by atoms with E-state index < -0.39 is 24.2 Å². The molecule has 2 rings (SSSR count). The van der Waals surface area contributed by atoms with E-state index in [-0.39, 0.29) is 16.9 Å². The van der Waals surface area contributed by atoms with Gasteiger partial charge < -0.3 is 9.84 Å². The number of ketones is 1. The van der Waals surface area contributed by atoms with Crippen molar-refractivity contribution in [3.8, 4) is 5.75 Å². The first-order chi connectivity index (χ1) is 9.56. The highest BCUT2D eigenvalue weighted by Crippen LogP contribution is 2.11. The molecule has 1 N–H and O–H groups in total. The smallest absolute Gasteiger partial charge is 0.338 e. The fourth-order valence-electron chi connectivity index (χ4n) is 1.56. The SMILES string of the molecule is O=C(COC(=O)c1ccc(O)cc1)c1cccc(F)c1. The highest BCUT2D eigenvalue weighted by atomic mass is 19.1. The lowest BCUT2D eigenvalue weighted by molar-refractivity contribution is 0.0474. The molecule has 0 aromatic heterocycles. The van der Waals surface area contributed by atoms with Gasteiger partial charge in [-0.1, -0.05) is 12.1 Å². The van der Waals surface area contributed by atoms with Crippen LogP contribution in [0.4, 0.5) is 4.39 Å². The molecule has 0 bridgehead atoms. The predicted octanol–water partition coefficient (Wildman–Crippen LogP) is 2.57. The Hall–Kier alpha value is -2.69. The minimum atomic E-state index is -0.685. The van der Waals surface area contributed by atoms with Gasteiger partial charge in [0.05, 0.1) is 5.56 Å². The third-order valence-corrected chi connectivity index (χ3v) is 2.58. The lowest BCUT2D eigenvalue weighted by Crippen LogP contribution is -2.14. The van der Waals surface area contributed by atoms with Gasteiger partial charge in [0, 0.05) is 5.56 Å². The zero-order valence-corrected chi connectivity index (χ0v) is 10.4. The maximum absolute atomic E-state index is 12.9. The summed E-state index contributed by atoms with van der Waals surface area (Å²) in [4.78, 5) is 23.3. The number of carbonyl (C=O) groups excluding carboxylic acids is 2. The molecule has 0 atom stereocenters. The predicted molar refractivity (Wildman–Crippen MR) is 69.1 cm³/mol. The van der Waals surface area contributed by atoms with Crippen LogP contribution in [0.25, 0.3) is 0 Å². The fraction of sp³-hybridized carbons (Fsp3) is 0.0667. The maximum atomic E-state index is 12.9. The van der Waals surface area contributed by atoms with Crippen molar-refractivity contribution in [2.45, 2.75) is 0 Å². The van der Waals surface area contributed by atoms with Gasteiger partial charge in [0.2, 0.25) is 0 Å². The summed E-state index contributed by atoms with van der Waals surface area (Å²) in [7, 11) is 0. The van der Waals surface area contributed by atoms with E-state index in [2.05, 4.69) is 0 Å². The summed E-state index contributed by atoms with van der Waals surface area (Å²) in [6, 6.07) is 10.6. The minimum absolute atomic E-state index is 0.0254. The van der Waals surface area contributed by atoms with Crippen LogP contribution in [-0.2, 0) is 4.74 Å². The number of aromatic hydroxyl groups is 1. The molecule has 0 radical (unpaired) electrons. The molecule has 0 aliphatic heterocycles. The average Bonchev–Trinajstić information content (AvgIpc) is 2.45. The van der Waals surface area contributed by atoms with Crippen molar-refractivity contribution < 1.29 is 23.8 Å². The van der Waals surface area contributed by atoms with Crippen molar-refractivity contribution in [1.29, 1.82) is 0 Å². The molecule has 102 valence electrons. The number of Topliss-reactive ketones (excluding diaryl/α,β-unsaturated/α-hetero) is 1. The molecule has 20 heavy (non-hydrogen) atoms. The number of halogens is 1. The summed E-state index contributed by atoms with van der Waals surface area (Å²) < 4.78 is 17.8. The number of hydrogen-bond donors (Lipinski definition) is 1. The van der Waals surface area contributed by atoms with Crippen molar-refractivity contribution in [3.63, 3.8) is 0 Å². The van der Waals surface area contributed by atoms with E-state index in [9.17, 15) is 14.0 Å². The van der Waals surface area contributed by atoms with Crippen LogP contribution in [0.1, 0.15) is 20.7 Å². The van der Waals surface area contributed by atoms with Crippen LogP contribution in [0.15, 0.2) is 48.5 Å². The van der Waals surface area contributed by atoms with E-state index in [4.69, 9.17) is 9.84 Å². The molecule has 0 amide bonds. The number of phenols is 1. The standard InChI is InChI=1S/C15H11FO4/c16-12-3-1-2-11(8-12)14(18)9-20-15(19)10-4-6-13(17)7-5-10/h1-8,17H,9H2. The topological polar surface area (TPSA) is 63.6 Å². The monoisotopic (exact) mass is 274 g/mol. The van der Waals surface area contributed by atoms with E-state index in [0.717, 1.165) is 6.07 Å². The Kier molecular flexibility index (Phi) is 4.10. The number of hydrogen-bond acceptors (Lipinski definition) is 4. The van der Waals surface area contributed by atoms with Gasteiger partial charge in [-0.25, -0.2) is 9.18 Å². The first-order valence-electron chi connectivity index (χ1n) is 5.81. The quantitative estimate of drug-likeness (QED) is 0.687. The van der Waals surface area contributed by atoms with Crippen LogP contribution in [0, 0.1) is 5.82 Å². The highest BCUT2D eigenvalue weighted by molar-refractivity contribution is 5.99. The highest BCUT2D eigenvalue weighted by Gasteiger charge is 2.12. The second-order valence-corrected chi connectivity index (χ2v) is 4.06. The fourth-order valence-corrected chi connectivity index (χ4v) is 1.56. The molecule has 0 saturated heterocycles. The molecular formula is C15H11FO4. The number of benzene rings is 2. The van der Waals surface area contributed by atoms with Crippen LogP contribution < -0.4 is 0 Å². The Balaban J connectivity index is 1.96. The van der Waals surface area contributed by atoms with Crippen LogP contribution in [0.2, 0.25) is 0 Å². The summed E-state index contributed by atoms with van der Waals surface area (Å²) in [5, 5.41) is 9.09. The Morgan fingerprint density at radius 2 is 1.75 bits per heavy atom. The molecule has 0 spiro atoms. The third kappa shape index (κ3) is 3.41. The van der Waals surface area contributed by atoms with Gasteiger partial charge in [-0.15, -0.1) is 0 Å². The Bertz CT molecular complexity index is 635. The van der Waals surface area contributed by atoms with Gasteiger partial charge in [-0.2, -0.15) is 0 Å². The van der Waals surface area contributed by atoms with E-state index in [1.165, 1.54) is 42.5 Å². The van der Waals surface area contributed by atoms with Crippen molar-refractivity contribution in [2.24, 2.45) is 0 Å². The number of ether oxygens (including phenoxy) is 1. The van der Waals surface area contributed by atoms with Crippen molar-refractivity contribution in [1.82, 2.24) is 0 Å². The molecule has 0 heterocycles. The first kappa shape index (κ1) is 13.7. The maximum Gasteiger partial charge on any atom is 0.338 e. The Morgan fingerprint density at radius 1 is 1.05 bits per heavy atom. The van der Waals surface area contributed by atoms with E-state index in [1.807, 2.05) is 0 Å². The summed E-state index contributed by atoms with van der Waals surface area (Å²) >= 11 is 0. The second kappa shape index (κ2) is 5.97. The zero-order valence-electron chi connectivity index (χ0n) is 10.4. The molecule has 0 unspecified atom stereocenters. The molecule has 2 aromatic rings. The molecule has 0 fully saturated rings. The van der Waals surface area contributed by atoms with Crippen molar-refractivity contribution in [2.75, 3.05) is 6.61 Å². The van der Waals surface area contributed by atoms with Crippen LogP contribution in [0.5, 0.6) is 5.75 Å². The third-order valence-electron chi connectivity index (χ3n) is 2.58. The molecule has 5 heteroatoms. The lowest BCUT2D eigenvalue weighted by Gasteiger charge is -2.04. The van der Waals surface area contributed by atoms with Gasteiger partial charge in [-0.3, -0.25) is 4.79 Å². The minimum Gasteiger partial charge on any atom is -0.508 e. The van der Waals surface area contributed by atoms with Gasteiger partial charge >= 0.3 is 5.97 Å². The van der Waals surface area contributed by atoms with E-state index in [0.29, 0.717) is 0 Å². The summed E-state index contributed by atoms with van der Waals surface area (Å²) in [5.74, 6) is -1.68. The van der Waals surface area contributed by atoms with Gasteiger partial charge in [0.1, 0.15) is 11.6 Å². The van der Waals surface area contributed by atoms with Gasteiger partial charge in [0.15, 0.2) is 12.4 Å². The van der Waals surface area contributed by atoms with Crippen molar-refractivity contribution in [3.05, 3.63) is 65.5 Å². The van der Waals surface area contributed by atoms with Gasteiger partial charge in [0.25, 0.3) is 0 Å². The van der Waals surface area contributed by atoms with Crippen LogP contribution >= 0.6 is 0 Å². The summed E-state index contributed by atoms with van der Waals surface area (Å²) in [5.41, 5.74) is 0.360. The molecule has 0 aliphatic carbocycles. The van der Waals surface area contributed by atoms with E-state index >= 15 is 0 Å². The Labute approximate surface area is 114 Å². The van der Waals surface area contributed by atoms with Crippen molar-refractivity contribution >= 4 is 11.8 Å². The zero-order chi connectivity index (χ0) is 14.5. The molecular weight excluding hydrogens is 263 g/mol. The number of phenolic OH excluding ortho intramolecular Hbond substituents is 1. The molecule has 0 aliphatic rings. The Morgan fingerprint density at radius 3 is 2.40 bits per heavy atom. The second-order valence-electron chi connectivity index (χ2n) is 4.06. The average molecular weight is 274 g/mol. The largest absolute Gasteiger partial charge is 0.508 e. The summed E-state index contributed by atoms with van der Waals surface area (Å²) in [6.45, 7) is -0.469. The normalized spacial score (nSPS) is 10.1. The van der Waals surface area contributed by atoms with Crippen LogP contribution in [0.3, 0.4) is 0 Å². The number of rotatable bonds is 4. The molecule has 2 aromatic carbocycles. The first-order valence-corrected chi connectivity index (χ1v) is 5.81. The molecule has 4 nitrogen and oxygen atoms in total. The summed E-state index contributed by atoms with van der Waals surface area (Å²) in [6.07, 6.45) is 0. The number of esters is 1. The van der Waals surface area contributed by atoms with E-state index in [1.54, 1.807) is 0 Å². The van der Waals surface area contributed by atoms with Crippen LogP contribution in [-0.4, -0.2) is 23.5 Å². The number of carbonyl (C=O) groups is 2. The molecule has 0 saturated carbocycles. The van der Waals surface area contributed by atoms with Gasteiger partial charge in [-0.05, 0) is 36.4 Å².